The Labute approximate surface area is 127 Å². The van der Waals surface area contributed by atoms with Gasteiger partial charge in [-0.2, -0.15) is 0 Å². The lowest BCUT2D eigenvalue weighted by atomic mass is 9.98. The van der Waals surface area contributed by atoms with Crippen molar-refractivity contribution < 1.29 is 9.90 Å². The summed E-state index contributed by atoms with van der Waals surface area (Å²) in [6.45, 7) is 5.61. The topological polar surface area (TPSA) is 52.6 Å². The molecule has 116 valence electrons. The van der Waals surface area contributed by atoms with Crippen molar-refractivity contribution in [1.29, 1.82) is 0 Å². The van der Waals surface area contributed by atoms with Gasteiger partial charge in [0.25, 0.3) is 0 Å². The molecular weight excluding hydrogens is 264 g/mol. The zero-order chi connectivity index (χ0) is 15.2. The minimum atomic E-state index is -0.523. The van der Waals surface area contributed by atoms with Gasteiger partial charge >= 0.3 is 6.03 Å². The van der Waals surface area contributed by atoms with E-state index in [1.165, 1.54) is 12.8 Å². The van der Waals surface area contributed by atoms with E-state index < -0.39 is 6.10 Å². The Morgan fingerprint density at radius 3 is 2.95 bits per heavy atom. The fraction of sp³-hybridized carbons (Fsp3) is 0.588. The van der Waals surface area contributed by atoms with Crippen LogP contribution in [0.25, 0.3) is 0 Å². The molecule has 2 amide bonds. The van der Waals surface area contributed by atoms with E-state index >= 15 is 0 Å². The van der Waals surface area contributed by atoms with Crippen molar-refractivity contribution in [3.05, 3.63) is 29.8 Å². The van der Waals surface area contributed by atoms with E-state index in [2.05, 4.69) is 12.2 Å². The second-order valence-electron chi connectivity index (χ2n) is 5.92. The van der Waals surface area contributed by atoms with E-state index in [4.69, 9.17) is 0 Å². The van der Waals surface area contributed by atoms with Gasteiger partial charge < -0.3 is 15.3 Å². The number of nitrogens with one attached hydrogen (secondary N) is 1. The van der Waals surface area contributed by atoms with Crippen molar-refractivity contribution in [2.24, 2.45) is 5.92 Å². The highest BCUT2D eigenvalue weighted by Gasteiger charge is 2.19. The van der Waals surface area contributed by atoms with Crippen molar-refractivity contribution in [3.63, 3.8) is 0 Å². The Morgan fingerprint density at radius 2 is 2.24 bits per heavy atom. The zero-order valence-electron chi connectivity index (χ0n) is 13.0. The summed E-state index contributed by atoms with van der Waals surface area (Å²) in [7, 11) is 0. The molecule has 4 heteroatoms. The molecule has 1 fully saturated rings. The van der Waals surface area contributed by atoms with Crippen LogP contribution in [0.2, 0.25) is 0 Å². The molecule has 1 heterocycles. The van der Waals surface area contributed by atoms with Gasteiger partial charge in [-0.05, 0) is 49.8 Å². The monoisotopic (exact) mass is 290 g/mol. The first-order valence-corrected chi connectivity index (χ1v) is 7.94. The molecule has 2 N–H and O–H groups in total. The number of urea groups is 1. The maximum atomic E-state index is 12.3. The fourth-order valence-electron chi connectivity index (χ4n) is 2.86. The normalized spacial score (nSPS) is 20.7. The molecular formula is C17H26N2O2. The highest BCUT2D eigenvalue weighted by Crippen LogP contribution is 2.21. The first kappa shape index (κ1) is 15.8. The van der Waals surface area contributed by atoms with Gasteiger partial charge in [0, 0.05) is 18.8 Å². The Bertz CT molecular complexity index is 474. The quantitative estimate of drug-likeness (QED) is 0.890. The van der Waals surface area contributed by atoms with Crippen LogP contribution in [0.5, 0.6) is 0 Å². The number of nitrogens with zero attached hydrogens (tertiary/aromatic N) is 1. The van der Waals surface area contributed by atoms with E-state index in [9.17, 15) is 9.90 Å². The fourth-order valence-corrected chi connectivity index (χ4v) is 2.86. The summed E-state index contributed by atoms with van der Waals surface area (Å²) >= 11 is 0. The van der Waals surface area contributed by atoms with Gasteiger partial charge in [-0.15, -0.1) is 0 Å². The van der Waals surface area contributed by atoms with Gasteiger partial charge in [0.2, 0.25) is 0 Å². The average Bonchev–Trinajstić information content (AvgIpc) is 2.73. The standard InChI is InChI=1S/C17H26N2O2/c1-3-14-6-5-10-19(11-9-14)17(21)18-16-8-4-7-15(12-16)13(2)20/h4,7-8,12-14,20H,3,5-6,9-11H2,1-2H3,(H,18,21). The van der Waals surface area contributed by atoms with Crippen LogP contribution < -0.4 is 5.32 Å². The molecule has 2 rings (SSSR count). The predicted molar refractivity (Wildman–Crippen MR) is 85.3 cm³/mol. The number of aliphatic hydroxyl groups excluding tert-OH is 1. The molecule has 2 atom stereocenters. The van der Waals surface area contributed by atoms with Crippen molar-refractivity contribution in [2.75, 3.05) is 18.4 Å². The molecule has 1 aliphatic rings. The molecule has 0 aromatic heterocycles. The van der Waals surface area contributed by atoms with Gasteiger partial charge in [0.05, 0.1) is 6.10 Å². The van der Waals surface area contributed by atoms with Crippen molar-refractivity contribution >= 4 is 11.7 Å². The number of carbonyl (C=O) groups is 1. The summed E-state index contributed by atoms with van der Waals surface area (Å²) in [5, 5.41) is 12.5. The first-order valence-electron chi connectivity index (χ1n) is 7.94. The van der Waals surface area contributed by atoms with Crippen molar-refractivity contribution in [2.45, 2.75) is 45.6 Å². The summed E-state index contributed by atoms with van der Waals surface area (Å²) in [4.78, 5) is 14.3. The van der Waals surface area contributed by atoms with Gasteiger partial charge in [-0.3, -0.25) is 0 Å². The third-order valence-electron chi connectivity index (χ3n) is 4.33. The highest BCUT2D eigenvalue weighted by molar-refractivity contribution is 5.89. The molecule has 0 saturated carbocycles. The Balaban J connectivity index is 1.96. The number of anilines is 1. The minimum absolute atomic E-state index is 0.0329. The van der Waals surface area contributed by atoms with Crippen LogP contribution >= 0.6 is 0 Å². The van der Waals surface area contributed by atoms with E-state index in [0.717, 1.165) is 43.1 Å². The van der Waals surface area contributed by atoms with Crippen LogP contribution in [-0.2, 0) is 0 Å². The van der Waals surface area contributed by atoms with Crippen LogP contribution in [0.3, 0.4) is 0 Å². The summed E-state index contributed by atoms with van der Waals surface area (Å²) in [6, 6.07) is 7.37. The molecule has 0 radical (unpaired) electrons. The minimum Gasteiger partial charge on any atom is -0.389 e. The molecule has 4 nitrogen and oxygen atoms in total. The predicted octanol–water partition coefficient (Wildman–Crippen LogP) is 3.78. The SMILES string of the molecule is CCC1CCCN(C(=O)Nc2cccc(C(C)O)c2)CC1. The first-order chi connectivity index (χ1) is 10.1. The molecule has 21 heavy (non-hydrogen) atoms. The zero-order valence-corrected chi connectivity index (χ0v) is 13.0. The number of aliphatic hydroxyl groups is 1. The van der Waals surface area contributed by atoms with Crippen LogP contribution in [-0.4, -0.2) is 29.1 Å². The molecule has 0 bridgehead atoms. The summed E-state index contributed by atoms with van der Waals surface area (Å²) < 4.78 is 0. The van der Waals surface area contributed by atoms with E-state index in [1.54, 1.807) is 6.92 Å². The maximum absolute atomic E-state index is 12.3. The third-order valence-corrected chi connectivity index (χ3v) is 4.33. The Morgan fingerprint density at radius 1 is 1.43 bits per heavy atom. The molecule has 1 aromatic rings. The molecule has 1 aromatic carbocycles. The second-order valence-corrected chi connectivity index (χ2v) is 5.92. The summed E-state index contributed by atoms with van der Waals surface area (Å²) in [5.41, 5.74) is 1.56. The molecule has 1 aliphatic heterocycles. The van der Waals surface area contributed by atoms with Crippen LogP contribution in [0.1, 0.15) is 51.2 Å². The van der Waals surface area contributed by atoms with E-state index in [1.807, 2.05) is 29.2 Å². The number of hydrogen-bond donors (Lipinski definition) is 2. The van der Waals surface area contributed by atoms with Gasteiger partial charge in [-0.1, -0.05) is 25.5 Å². The van der Waals surface area contributed by atoms with Gasteiger partial charge in [-0.25, -0.2) is 4.79 Å². The van der Waals surface area contributed by atoms with Crippen LogP contribution in [0.15, 0.2) is 24.3 Å². The molecule has 0 aliphatic carbocycles. The molecule has 2 unspecified atom stereocenters. The number of hydrogen-bond acceptors (Lipinski definition) is 2. The highest BCUT2D eigenvalue weighted by atomic mass is 16.3. The summed E-state index contributed by atoms with van der Waals surface area (Å²) in [6.07, 6.45) is 4.08. The van der Waals surface area contributed by atoms with Gasteiger partial charge in [0.15, 0.2) is 0 Å². The third kappa shape index (κ3) is 4.46. The average molecular weight is 290 g/mol. The van der Waals surface area contributed by atoms with E-state index in [0.29, 0.717) is 0 Å². The number of likely N-dealkylation sites (tertiary alicyclic amines) is 1. The molecule has 0 spiro atoms. The van der Waals surface area contributed by atoms with Crippen molar-refractivity contribution in [3.8, 4) is 0 Å². The number of rotatable bonds is 3. The lowest BCUT2D eigenvalue weighted by molar-refractivity contribution is 0.199. The molecule has 1 saturated heterocycles. The van der Waals surface area contributed by atoms with Crippen molar-refractivity contribution in [1.82, 2.24) is 4.90 Å². The lowest BCUT2D eigenvalue weighted by Gasteiger charge is -2.21. The maximum Gasteiger partial charge on any atom is 0.321 e. The number of benzene rings is 1. The Kier molecular flexibility index (Phi) is 5.62. The number of amides is 2. The smallest absolute Gasteiger partial charge is 0.321 e. The van der Waals surface area contributed by atoms with Gasteiger partial charge in [0.1, 0.15) is 0 Å². The summed E-state index contributed by atoms with van der Waals surface area (Å²) in [5.74, 6) is 0.751. The van der Waals surface area contributed by atoms with Crippen LogP contribution in [0, 0.1) is 5.92 Å². The lowest BCUT2D eigenvalue weighted by Crippen LogP contribution is -2.35. The van der Waals surface area contributed by atoms with E-state index in [-0.39, 0.29) is 6.03 Å². The number of carbonyl (C=O) groups excluding carboxylic acids is 1. The van der Waals surface area contributed by atoms with Crippen LogP contribution in [0.4, 0.5) is 10.5 Å². The largest absolute Gasteiger partial charge is 0.389 e. The second kappa shape index (κ2) is 7.46. The Hall–Kier alpha value is -1.55.